The second kappa shape index (κ2) is 23.3. The molecule has 0 aromatic carbocycles. The first-order valence-corrected chi connectivity index (χ1v) is 29.8. The minimum atomic E-state index is -4.19. The Bertz CT molecular complexity index is 2300. The van der Waals surface area contributed by atoms with Gasteiger partial charge in [0.2, 0.25) is 17.8 Å². The number of hydrogen-bond donors (Lipinski definition) is 6. The zero-order valence-corrected chi connectivity index (χ0v) is 43.8. The minimum Gasteiger partial charge on any atom is -0.414 e. The van der Waals surface area contributed by atoms with Crippen LogP contribution >= 0.6 is 15.0 Å². The number of amides is 1. The quantitative estimate of drug-likeness (QED) is 0.0396. The molecule has 67 heavy (non-hydrogen) atoms. The molecule has 23 nitrogen and oxygen atoms in total. The number of aliphatic hydroxyl groups excluding tert-OH is 1. The van der Waals surface area contributed by atoms with Gasteiger partial charge in [-0.25, -0.2) is 24.3 Å². The van der Waals surface area contributed by atoms with E-state index >= 15 is 4.39 Å². The van der Waals surface area contributed by atoms with E-state index < -0.39 is 111 Å². The predicted octanol–water partition coefficient (Wildman–Crippen LogP) is 4.87. The van der Waals surface area contributed by atoms with Gasteiger partial charge in [0.1, 0.15) is 43.2 Å². The predicted molar refractivity (Wildman–Crippen MR) is 250 cm³/mol. The number of carbonyl (C=O) groups excluding carboxylic acids is 1. The van der Waals surface area contributed by atoms with Crippen molar-refractivity contribution in [3.8, 4) is 6.07 Å². The summed E-state index contributed by atoms with van der Waals surface area (Å²) in [6, 6.07) is 0.970. The molecule has 1 amide bonds. The number of aromatic nitrogens is 7. The van der Waals surface area contributed by atoms with Crippen molar-refractivity contribution in [2.24, 2.45) is 11.8 Å². The van der Waals surface area contributed by atoms with Crippen molar-refractivity contribution in [3.05, 3.63) is 29.3 Å². The molecule has 6 N–H and O–H groups in total. The third-order valence-corrected chi connectivity index (χ3v) is 24.4. The highest BCUT2D eigenvalue weighted by atomic mass is 32.5. The van der Waals surface area contributed by atoms with Gasteiger partial charge in [-0.2, -0.15) is 10.2 Å². The Labute approximate surface area is 396 Å². The first kappa shape index (κ1) is 54.9. The fourth-order valence-corrected chi connectivity index (χ4v) is 20.7. The molecule has 2 aliphatic rings. The Morgan fingerprint density at radius 1 is 1.07 bits per heavy atom. The van der Waals surface area contributed by atoms with Crippen LogP contribution in [-0.4, -0.2) is 129 Å². The molecular formula is C38H63FN10O13P2SSi2. The lowest BCUT2D eigenvalue weighted by Gasteiger charge is -2.47. The van der Waals surface area contributed by atoms with E-state index in [1.54, 1.807) is 13.8 Å². The van der Waals surface area contributed by atoms with Gasteiger partial charge in [-0.1, -0.05) is 69.2 Å². The Hall–Kier alpha value is -3.04. The summed E-state index contributed by atoms with van der Waals surface area (Å²) in [7, 11) is -10.9. The number of aliphatic hydroxyl groups is 1. The van der Waals surface area contributed by atoms with Crippen LogP contribution < -0.4 is 16.2 Å². The third kappa shape index (κ3) is 12.7. The van der Waals surface area contributed by atoms with Gasteiger partial charge in [-0.15, -0.1) is 0 Å². The normalized spacial score (nSPS) is 25.1. The van der Waals surface area contributed by atoms with Crippen molar-refractivity contribution < 1.29 is 59.9 Å². The van der Waals surface area contributed by atoms with E-state index in [2.05, 4.69) is 40.5 Å². The molecule has 0 bridgehead atoms. The summed E-state index contributed by atoms with van der Waals surface area (Å²) in [6.07, 6.45) is -5.15. The number of nitrogens with one attached hydrogen (secondary N) is 3. The monoisotopic (exact) mass is 1040 g/mol. The fourth-order valence-electron chi connectivity index (χ4n) is 8.11. The molecule has 1 aliphatic heterocycles. The summed E-state index contributed by atoms with van der Waals surface area (Å²) in [5.41, 5.74) is -2.08. The first-order valence-electron chi connectivity index (χ1n) is 22.0. The van der Waals surface area contributed by atoms with Crippen LogP contribution in [-0.2, 0) is 52.5 Å². The van der Waals surface area contributed by atoms with Gasteiger partial charge < -0.3 is 47.0 Å². The Morgan fingerprint density at radius 3 is 2.30 bits per heavy atom. The van der Waals surface area contributed by atoms with E-state index in [1.165, 1.54) is 23.5 Å². The number of rotatable bonds is 24. The van der Waals surface area contributed by atoms with E-state index in [1.807, 2.05) is 61.5 Å². The average molecular weight is 1040 g/mol. The summed E-state index contributed by atoms with van der Waals surface area (Å²) in [5.74, 6) is -1.98. The van der Waals surface area contributed by atoms with Gasteiger partial charge in [0.25, 0.3) is 5.56 Å². The molecule has 374 valence electrons. The summed E-state index contributed by atoms with van der Waals surface area (Å²) >= 11 is 6.08. The molecule has 4 heterocycles. The van der Waals surface area contributed by atoms with Gasteiger partial charge in [-0.3, -0.25) is 33.5 Å². The number of nitriles is 1. The molecule has 10 atom stereocenters. The highest BCUT2D eigenvalue weighted by Crippen LogP contribution is 2.57. The number of aromatic amines is 1. The van der Waals surface area contributed by atoms with Crippen molar-refractivity contribution in [2.45, 2.75) is 147 Å². The molecule has 3 aromatic rings. The average Bonchev–Trinajstić information content (AvgIpc) is 3.92. The number of carbonyl (C=O) groups is 1. The van der Waals surface area contributed by atoms with E-state index in [9.17, 15) is 34.2 Å². The van der Waals surface area contributed by atoms with Crippen LogP contribution in [0.2, 0.25) is 22.2 Å². The zero-order valence-electron chi connectivity index (χ0n) is 39.1. The maximum Gasteiger partial charge on any atom is 0.335 e. The molecule has 0 radical (unpaired) electrons. The van der Waals surface area contributed by atoms with Crippen LogP contribution in [0.25, 0.3) is 11.2 Å². The van der Waals surface area contributed by atoms with Crippen LogP contribution in [0.1, 0.15) is 88.3 Å². The lowest BCUT2D eigenvalue weighted by atomic mass is 10.1. The lowest BCUT2D eigenvalue weighted by molar-refractivity contribution is -0.118. The Balaban J connectivity index is 1.64. The van der Waals surface area contributed by atoms with Gasteiger partial charge in [-0.05, 0) is 40.4 Å². The lowest BCUT2D eigenvalue weighted by Crippen LogP contribution is -2.62. The number of H-pyrrole nitrogens is 1. The highest BCUT2D eigenvalue weighted by Gasteiger charge is 2.60. The highest BCUT2D eigenvalue weighted by molar-refractivity contribution is 8.07. The molecule has 0 spiro atoms. The smallest absolute Gasteiger partial charge is 0.335 e. The summed E-state index contributed by atoms with van der Waals surface area (Å²) < 4.78 is 74.8. The molecule has 29 heteroatoms. The molecule has 5 rings (SSSR count). The van der Waals surface area contributed by atoms with Gasteiger partial charge in [0, 0.05) is 11.8 Å². The number of hydrogen-bond acceptors (Lipinski definition) is 20. The largest absolute Gasteiger partial charge is 0.414 e. The summed E-state index contributed by atoms with van der Waals surface area (Å²) in [4.78, 5) is 71.3. The molecule has 1 aliphatic carbocycles. The Kier molecular flexibility index (Phi) is 19.1. The van der Waals surface area contributed by atoms with Crippen molar-refractivity contribution in [2.75, 3.05) is 30.5 Å². The number of halogens is 1. The second-order valence-corrected chi connectivity index (χ2v) is 30.3. The fraction of sp³-hybridized carbons (Fsp3) is 0.737. The van der Waals surface area contributed by atoms with Crippen LogP contribution in [0.4, 0.5) is 16.3 Å². The SMILES string of the molecule is CC(C)C(=O)Nc1nc2c(ncn2[C@@H]2O[C@H](CO)[C@@H](O[Si](O[Si](O)(C(C)C)C(C)C)(C(C)C)C(C)C)[C@H]2OP(=S)(OCCC#N)OC[C@H]2C[C@@H](Nc3ncncn3)[C@H](F)[C@@H]2O[PH](=O)O)c(=O)[nH]1. The topological polar surface area (TPSA) is 310 Å². The molecule has 3 aromatic heterocycles. The number of alkyl halides is 1. The Morgan fingerprint density at radius 2 is 1.73 bits per heavy atom. The molecule has 1 saturated carbocycles. The van der Waals surface area contributed by atoms with E-state index in [4.69, 9.17) is 43.2 Å². The summed E-state index contributed by atoms with van der Waals surface area (Å²) in [5, 5.41) is 26.1. The van der Waals surface area contributed by atoms with Crippen molar-refractivity contribution in [1.29, 1.82) is 5.26 Å². The standard InChI is InChI=1S/C38H63FN10O13P2SSi2/c1-20(2)34(51)47-38-46-33-29(35(52)48-38)44-19-49(33)36-32(31(27(15-50)58-36)61-67(23(7)8,24(9)10)62-66(55,21(3)4)22(5)6)60-64(65,56-13-11-12-40)57-16-25-14-26(28(39)30(25)59-63(53)54)45-37-42-17-41-18-43-37/h17-28,30-32,36,50,55,63H,11,13-16H2,1-10H3,(H,53,54)(H,41,42,43,45)(H2,46,47,48,51,52)/t25-,26-,27-,28+,30-,31-,32-,36-,64?/m1/s1. The summed E-state index contributed by atoms with van der Waals surface area (Å²) in [6.45, 7) is 13.0. The maximum atomic E-state index is 16.1. The third-order valence-electron chi connectivity index (χ3n) is 11.8. The second-order valence-electron chi connectivity index (χ2n) is 18.0. The number of nitrogens with zero attached hydrogens (tertiary/aromatic N) is 7. The van der Waals surface area contributed by atoms with E-state index in [-0.39, 0.29) is 64.7 Å². The first-order chi connectivity index (χ1) is 31.5. The van der Waals surface area contributed by atoms with Crippen LogP contribution in [0.5, 0.6) is 0 Å². The molecular weight excluding hydrogens is 974 g/mol. The van der Waals surface area contributed by atoms with Crippen LogP contribution in [0.15, 0.2) is 23.8 Å². The molecule has 2 fully saturated rings. The van der Waals surface area contributed by atoms with E-state index in [0.717, 1.165) is 0 Å². The maximum absolute atomic E-state index is 16.1. The minimum absolute atomic E-state index is 0.0304. The number of ether oxygens (including phenoxy) is 1. The van der Waals surface area contributed by atoms with Crippen molar-refractivity contribution in [3.63, 3.8) is 0 Å². The van der Waals surface area contributed by atoms with Gasteiger partial charge in [0.05, 0.1) is 44.7 Å². The van der Waals surface area contributed by atoms with Crippen molar-refractivity contribution in [1.82, 2.24) is 34.5 Å². The molecule has 2 unspecified atom stereocenters. The van der Waals surface area contributed by atoms with Gasteiger partial charge in [0.15, 0.2) is 17.4 Å². The van der Waals surface area contributed by atoms with E-state index in [0.29, 0.717) is 0 Å². The number of anilines is 2. The molecule has 1 saturated heterocycles. The van der Waals surface area contributed by atoms with Gasteiger partial charge >= 0.3 is 32.1 Å². The number of imidazole rings is 1. The van der Waals surface area contributed by atoms with Crippen molar-refractivity contribution >= 4 is 72.9 Å². The van der Waals surface area contributed by atoms with Crippen LogP contribution in [0, 0.1) is 23.2 Å². The van der Waals surface area contributed by atoms with Crippen LogP contribution in [0.3, 0.4) is 0 Å². The number of fused-ring (bicyclic) bond motifs is 1. The zero-order chi connectivity index (χ0) is 49.6.